The van der Waals surface area contributed by atoms with Crippen molar-refractivity contribution in [3.63, 3.8) is 0 Å². The summed E-state index contributed by atoms with van der Waals surface area (Å²) in [5.41, 5.74) is 1.87. The molecule has 2 amide bonds. The van der Waals surface area contributed by atoms with Gasteiger partial charge in [-0.25, -0.2) is 13.8 Å². The summed E-state index contributed by atoms with van der Waals surface area (Å²) < 4.78 is 26.6. The number of hydrogen-bond donors (Lipinski definition) is 3. The zero-order valence-electron chi connectivity index (χ0n) is 18.3. The van der Waals surface area contributed by atoms with Crippen molar-refractivity contribution in [3.8, 4) is 17.0 Å². The van der Waals surface area contributed by atoms with Gasteiger partial charge >= 0.3 is 0 Å². The summed E-state index contributed by atoms with van der Waals surface area (Å²) in [6, 6.07) is 10.2. The lowest BCUT2D eigenvalue weighted by atomic mass is 10.1. The number of halogens is 2. The molecule has 2 aromatic carbocycles. The van der Waals surface area contributed by atoms with Crippen molar-refractivity contribution in [2.24, 2.45) is 0 Å². The number of thiazole rings is 1. The van der Waals surface area contributed by atoms with E-state index in [-0.39, 0.29) is 22.6 Å². The normalized spacial score (nSPS) is 10.7. The molecule has 0 radical (unpaired) electrons. The Morgan fingerprint density at radius 3 is 2.43 bits per heavy atom. The third-order valence-electron chi connectivity index (χ3n) is 5.01. The van der Waals surface area contributed by atoms with Crippen molar-refractivity contribution >= 4 is 28.8 Å². The first-order valence-corrected chi connectivity index (χ1v) is 11.5. The molecule has 0 aliphatic heterocycles. The van der Waals surface area contributed by atoms with E-state index in [4.69, 9.17) is 0 Å². The average molecular weight is 495 g/mol. The molecule has 0 fully saturated rings. The minimum Gasteiger partial charge on any atom is -0.507 e. The molecule has 2 heterocycles. The maximum absolute atomic E-state index is 13.3. The SMILES string of the molecule is O=C(Nc1ccc(C(=O)NCCCc2nc(-c3ccncc3)cs2)c(O)c1)c1cc(F)cc(F)c1. The van der Waals surface area contributed by atoms with E-state index in [0.717, 1.165) is 28.4 Å². The number of hydrogen-bond acceptors (Lipinski definition) is 6. The van der Waals surface area contributed by atoms with Crippen molar-refractivity contribution in [2.45, 2.75) is 12.8 Å². The summed E-state index contributed by atoms with van der Waals surface area (Å²) in [7, 11) is 0. The van der Waals surface area contributed by atoms with Gasteiger partial charge in [0, 0.05) is 59.7 Å². The minimum absolute atomic E-state index is 0.0361. The molecule has 4 rings (SSSR count). The fourth-order valence-electron chi connectivity index (χ4n) is 3.31. The number of aromatic hydroxyl groups is 1. The van der Waals surface area contributed by atoms with Crippen LogP contribution in [-0.2, 0) is 6.42 Å². The number of phenols is 1. The molecule has 0 bridgehead atoms. The highest BCUT2D eigenvalue weighted by atomic mass is 32.1. The van der Waals surface area contributed by atoms with E-state index in [2.05, 4.69) is 20.6 Å². The highest BCUT2D eigenvalue weighted by Crippen LogP contribution is 2.24. The van der Waals surface area contributed by atoms with Gasteiger partial charge in [-0.3, -0.25) is 14.6 Å². The first-order valence-electron chi connectivity index (χ1n) is 10.6. The molecule has 0 atom stereocenters. The van der Waals surface area contributed by atoms with Gasteiger partial charge in [-0.05, 0) is 42.8 Å². The number of rotatable bonds is 8. The lowest BCUT2D eigenvalue weighted by Gasteiger charge is -2.10. The molecule has 10 heteroatoms. The number of carbonyl (C=O) groups is 2. The Kier molecular flexibility index (Phi) is 7.41. The third kappa shape index (κ3) is 6.24. The Morgan fingerprint density at radius 1 is 0.971 bits per heavy atom. The molecule has 0 unspecified atom stereocenters. The zero-order chi connectivity index (χ0) is 24.8. The number of nitrogens with one attached hydrogen (secondary N) is 2. The van der Waals surface area contributed by atoms with Gasteiger partial charge in [0.15, 0.2) is 0 Å². The second-order valence-electron chi connectivity index (χ2n) is 7.57. The zero-order valence-corrected chi connectivity index (χ0v) is 19.1. The van der Waals surface area contributed by atoms with E-state index in [1.54, 1.807) is 23.7 Å². The van der Waals surface area contributed by atoms with E-state index in [1.165, 1.54) is 18.2 Å². The number of anilines is 1. The highest BCUT2D eigenvalue weighted by molar-refractivity contribution is 7.09. The topological polar surface area (TPSA) is 104 Å². The van der Waals surface area contributed by atoms with Gasteiger partial charge in [0.05, 0.1) is 16.3 Å². The molecule has 178 valence electrons. The van der Waals surface area contributed by atoms with Crippen molar-refractivity contribution in [2.75, 3.05) is 11.9 Å². The third-order valence-corrected chi connectivity index (χ3v) is 5.91. The summed E-state index contributed by atoms with van der Waals surface area (Å²) in [6.07, 6.45) is 4.78. The standard InChI is InChI=1S/C25H20F2N4O3S/c26-17-10-16(11-18(27)12-17)24(33)30-19-3-4-20(22(32)13-19)25(34)29-7-1-2-23-31-21(14-35-23)15-5-8-28-9-6-15/h3-6,8-14,32H,1-2,7H2,(H,29,34)(H,30,33). The Morgan fingerprint density at radius 2 is 1.71 bits per heavy atom. The predicted molar refractivity (Wildman–Crippen MR) is 128 cm³/mol. The fourth-order valence-corrected chi connectivity index (χ4v) is 4.16. The molecule has 2 aromatic heterocycles. The molecular formula is C25H20F2N4O3S. The van der Waals surface area contributed by atoms with Gasteiger partial charge < -0.3 is 15.7 Å². The lowest BCUT2D eigenvalue weighted by molar-refractivity contribution is 0.0950. The summed E-state index contributed by atoms with van der Waals surface area (Å²) in [5, 5.41) is 18.3. The molecule has 0 aliphatic carbocycles. The number of benzene rings is 2. The first kappa shape index (κ1) is 24.0. The van der Waals surface area contributed by atoms with Gasteiger partial charge in [-0.2, -0.15) is 0 Å². The van der Waals surface area contributed by atoms with Crippen LogP contribution in [0.15, 0.2) is 66.3 Å². The summed E-state index contributed by atoms with van der Waals surface area (Å²) in [4.78, 5) is 33.2. The van der Waals surface area contributed by atoms with Crippen LogP contribution in [0.3, 0.4) is 0 Å². The Balaban J connectivity index is 1.28. The van der Waals surface area contributed by atoms with Gasteiger partial charge in [0.2, 0.25) is 0 Å². The average Bonchev–Trinajstić information content (AvgIpc) is 3.31. The van der Waals surface area contributed by atoms with Crippen LogP contribution in [0.4, 0.5) is 14.5 Å². The Hall–Kier alpha value is -4.18. The molecule has 3 N–H and O–H groups in total. The Bertz CT molecular complexity index is 1340. The monoisotopic (exact) mass is 494 g/mol. The van der Waals surface area contributed by atoms with Crippen LogP contribution in [-0.4, -0.2) is 33.4 Å². The number of nitrogens with zero attached hydrogens (tertiary/aromatic N) is 2. The van der Waals surface area contributed by atoms with Crippen LogP contribution < -0.4 is 10.6 Å². The largest absolute Gasteiger partial charge is 0.507 e. The van der Waals surface area contributed by atoms with Gasteiger partial charge in [-0.15, -0.1) is 11.3 Å². The molecule has 7 nitrogen and oxygen atoms in total. The molecule has 4 aromatic rings. The van der Waals surface area contributed by atoms with Crippen LogP contribution >= 0.6 is 11.3 Å². The number of aryl methyl sites for hydroxylation is 1. The first-order chi connectivity index (χ1) is 16.9. The Labute approximate surface area is 203 Å². The molecular weight excluding hydrogens is 474 g/mol. The van der Waals surface area contributed by atoms with Gasteiger partial charge in [-0.1, -0.05) is 0 Å². The van der Waals surface area contributed by atoms with Crippen molar-refractivity contribution in [1.82, 2.24) is 15.3 Å². The van der Waals surface area contributed by atoms with Crippen LogP contribution in [0, 0.1) is 11.6 Å². The summed E-state index contributed by atoms with van der Waals surface area (Å²) in [5.74, 6) is -3.32. The number of phenolic OH excluding ortho intramolecular Hbond substituents is 1. The summed E-state index contributed by atoms with van der Waals surface area (Å²) in [6.45, 7) is 0.381. The van der Waals surface area contributed by atoms with Crippen molar-refractivity contribution < 1.29 is 23.5 Å². The van der Waals surface area contributed by atoms with Crippen LogP contribution in [0.25, 0.3) is 11.3 Å². The molecule has 0 saturated heterocycles. The summed E-state index contributed by atoms with van der Waals surface area (Å²) >= 11 is 1.55. The van der Waals surface area contributed by atoms with Crippen LogP contribution in [0.1, 0.15) is 32.1 Å². The number of aromatic nitrogens is 2. The van der Waals surface area contributed by atoms with E-state index in [9.17, 15) is 23.5 Å². The molecule has 0 aliphatic rings. The number of carbonyl (C=O) groups excluding carboxylic acids is 2. The second kappa shape index (κ2) is 10.8. The maximum atomic E-state index is 13.3. The van der Waals surface area contributed by atoms with Crippen molar-refractivity contribution in [1.29, 1.82) is 0 Å². The van der Waals surface area contributed by atoms with E-state index >= 15 is 0 Å². The van der Waals surface area contributed by atoms with E-state index in [1.807, 2.05) is 17.5 Å². The molecule has 35 heavy (non-hydrogen) atoms. The smallest absolute Gasteiger partial charge is 0.255 e. The number of pyridine rings is 1. The highest BCUT2D eigenvalue weighted by Gasteiger charge is 2.14. The molecule has 0 spiro atoms. The van der Waals surface area contributed by atoms with E-state index < -0.39 is 23.4 Å². The van der Waals surface area contributed by atoms with E-state index in [0.29, 0.717) is 25.5 Å². The van der Waals surface area contributed by atoms with Crippen molar-refractivity contribution in [3.05, 3.63) is 94.1 Å². The maximum Gasteiger partial charge on any atom is 0.255 e. The minimum atomic E-state index is -0.880. The lowest BCUT2D eigenvalue weighted by Crippen LogP contribution is -2.25. The van der Waals surface area contributed by atoms with Crippen LogP contribution in [0.5, 0.6) is 5.75 Å². The quantitative estimate of drug-likeness (QED) is 0.305. The fraction of sp³-hybridized carbons (Fsp3) is 0.120. The number of amides is 2. The predicted octanol–water partition coefficient (Wildman–Crippen LogP) is 4.80. The van der Waals surface area contributed by atoms with Gasteiger partial charge in [0.1, 0.15) is 17.4 Å². The van der Waals surface area contributed by atoms with Gasteiger partial charge in [0.25, 0.3) is 11.8 Å². The second-order valence-corrected chi connectivity index (χ2v) is 8.51. The van der Waals surface area contributed by atoms with Crippen LogP contribution in [0.2, 0.25) is 0 Å². The molecule has 0 saturated carbocycles.